The van der Waals surface area contributed by atoms with Crippen LogP contribution in [-0.2, 0) is 0 Å². The van der Waals surface area contributed by atoms with Crippen LogP contribution in [0.2, 0.25) is 0 Å². The van der Waals surface area contributed by atoms with Gasteiger partial charge in [0.15, 0.2) is 0 Å². The Morgan fingerprint density at radius 2 is 1.78 bits per heavy atom. The van der Waals surface area contributed by atoms with Crippen molar-refractivity contribution in [3.05, 3.63) is 35.4 Å². The van der Waals surface area contributed by atoms with Gasteiger partial charge in [-0.05, 0) is 50.7 Å². The molecule has 1 amide bonds. The first-order valence-corrected chi connectivity index (χ1v) is 9.16. The van der Waals surface area contributed by atoms with E-state index in [-0.39, 0.29) is 5.91 Å². The molecule has 0 unspecified atom stereocenters. The standard InChI is InChI=1S/C20H30N2O/c1-14(2)13-22-18-5-4-6-19(22)12-17(11-18)21-20(23)16-9-7-15(3)8-10-16/h7-10,14,17-19H,4-6,11-13H2,1-3H3,(H,21,23)/t18-,19-/m1/s1. The van der Waals surface area contributed by atoms with Crippen molar-refractivity contribution < 1.29 is 4.79 Å². The molecule has 0 radical (unpaired) electrons. The van der Waals surface area contributed by atoms with Gasteiger partial charge in [-0.1, -0.05) is 38.0 Å². The summed E-state index contributed by atoms with van der Waals surface area (Å²) in [6.07, 6.45) is 6.16. The molecule has 2 saturated heterocycles. The monoisotopic (exact) mass is 314 g/mol. The third-order valence-electron chi connectivity index (χ3n) is 5.35. The molecule has 2 aliphatic rings. The Bertz CT molecular complexity index is 523. The molecular weight excluding hydrogens is 284 g/mol. The van der Waals surface area contributed by atoms with E-state index >= 15 is 0 Å². The van der Waals surface area contributed by atoms with Crippen LogP contribution in [0.15, 0.2) is 24.3 Å². The van der Waals surface area contributed by atoms with E-state index in [1.54, 1.807) is 0 Å². The topological polar surface area (TPSA) is 32.3 Å². The number of hydrogen-bond donors (Lipinski definition) is 1. The fourth-order valence-electron chi connectivity index (χ4n) is 4.29. The number of carbonyl (C=O) groups is 1. The maximum absolute atomic E-state index is 12.5. The van der Waals surface area contributed by atoms with Gasteiger partial charge in [0, 0.05) is 30.2 Å². The van der Waals surface area contributed by atoms with E-state index < -0.39 is 0 Å². The first kappa shape index (κ1) is 16.5. The van der Waals surface area contributed by atoms with Crippen LogP contribution >= 0.6 is 0 Å². The van der Waals surface area contributed by atoms with Crippen LogP contribution in [0.4, 0.5) is 0 Å². The summed E-state index contributed by atoms with van der Waals surface area (Å²) in [6, 6.07) is 9.53. The minimum Gasteiger partial charge on any atom is -0.349 e. The van der Waals surface area contributed by atoms with E-state index in [2.05, 4.69) is 24.1 Å². The van der Waals surface area contributed by atoms with Gasteiger partial charge in [-0.2, -0.15) is 0 Å². The largest absolute Gasteiger partial charge is 0.349 e. The molecule has 2 bridgehead atoms. The van der Waals surface area contributed by atoms with Crippen molar-refractivity contribution in [1.29, 1.82) is 0 Å². The number of nitrogens with one attached hydrogen (secondary N) is 1. The zero-order valence-corrected chi connectivity index (χ0v) is 14.7. The molecule has 1 aromatic carbocycles. The predicted octanol–water partition coefficient (Wildman–Crippen LogP) is 3.77. The highest BCUT2D eigenvalue weighted by Crippen LogP contribution is 2.34. The number of hydrogen-bond acceptors (Lipinski definition) is 2. The Balaban J connectivity index is 1.62. The third kappa shape index (κ3) is 3.95. The van der Waals surface area contributed by atoms with Crippen molar-refractivity contribution in [3.63, 3.8) is 0 Å². The van der Waals surface area contributed by atoms with Crippen LogP contribution in [0, 0.1) is 12.8 Å². The molecule has 126 valence electrons. The van der Waals surface area contributed by atoms with Crippen LogP contribution < -0.4 is 5.32 Å². The molecule has 23 heavy (non-hydrogen) atoms. The van der Waals surface area contributed by atoms with Crippen molar-refractivity contribution in [2.24, 2.45) is 5.92 Å². The average Bonchev–Trinajstić information content (AvgIpc) is 2.48. The lowest BCUT2D eigenvalue weighted by Crippen LogP contribution is -2.57. The molecule has 0 aromatic heterocycles. The second-order valence-corrected chi connectivity index (χ2v) is 7.84. The zero-order valence-electron chi connectivity index (χ0n) is 14.7. The minimum absolute atomic E-state index is 0.0883. The van der Waals surface area contributed by atoms with E-state index in [0.717, 1.165) is 24.3 Å². The lowest BCUT2D eigenvalue weighted by atomic mass is 9.81. The van der Waals surface area contributed by atoms with Crippen molar-refractivity contribution in [2.45, 2.75) is 71.0 Å². The fraction of sp³-hybridized carbons (Fsp3) is 0.650. The Labute approximate surface area is 140 Å². The number of rotatable bonds is 4. The van der Waals surface area contributed by atoms with Gasteiger partial charge in [0.1, 0.15) is 0 Å². The van der Waals surface area contributed by atoms with E-state index in [4.69, 9.17) is 0 Å². The summed E-state index contributed by atoms with van der Waals surface area (Å²) in [4.78, 5) is 15.2. The van der Waals surface area contributed by atoms with Gasteiger partial charge in [-0.25, -0.2) is 0 Å². The average molecular weight is 314 g/mol. The smallest absolute Gasteiger partial charge is 0.251 e. The van der Waals surface area contributed by atoms with Crippen LogP contribution in [0.25, 0.3) is 0 Å². The summed E-state index contributed by atoms with van der Waals surface area (Å²) >= 11 is 0. The van der Waals surface area contributed by atoms with Gasteiger partial charge < -0.3 is 5.32 Å². The van der Waals surface area contributed by atoms with Crippen molar-refractivity contribution in [3.8, 4) is 0 Å². The molecule has 1 N–H and O–H groups in total. The molecule has 2 heterocycles. The molecular formula is C20H30N2O. The van der Waals surface area contributed by atoms with Crippen LogP contribution in [-0.4, -0.2) is 35.5 Å². The third-order valence-corrected chi connectivity index (χ3v) is 5.35. The summed E-state index contributed by atoms with van der Waals surface area (Å²) in [5.74, 6) is 0.808. The molecule has 3 nitrogen and oxygen atoms in total. The molecule has 0 saturated carbocycles. The highest BCUT2D eigenvalue weighted by molar-refractivity contribution is 5.94. The number of carbonyl (C=O) groups excluding carboxylic acids is 1. The van der Waals surface area contributed by atoms with Gasteiger partial charge in [0.2, 0.25) is 0 Å². The van der Waals surface area contributed by atoms with E-state index in [1.807, 2.05) is 31.2 Å². The summed E-state index contributed by atoms with van der Waals surface area (Å²) in [5.41, 5.74) is 1.98. The molecule has 1 aromatic rings. The quantitative estimate of drug-likeness (QED) is 0.917. The van der Waals surface area contributed by atoms with Gasteiger partial charge in [-0.3, -0.25) is 9.69 Å². The Morgan fingerprint density at radius 1 is 1.17 bits per heavy atom. The van der Waals surface area contributed by atoms with Crippen LogP contribution in [0.3, 0.4) is 0 Å². The molecule has 2 atom stereocenters. The van der Waals surface area contributed by atoms with Crippen LogP contribution in [0.5, 0.6) is 0 Å². The van der Waals surface area contributed by atoms with E-state index in [0.29, 0.717) is 18.1 Å². The summed E-state index contributed by atoms with van der Waals surface area (Å²) < 4.78 is 0. The van der Waals surface area contributed by atoms with Crippen molar-refractivity contribution in [1.82, 2.24) is 10.2 Å². The maximum atomic E-state index is 12.5. The molecule has 0 aliphatic carbocycles. The van der Waals surface area contributed by atoms with Gasteiger partial charge in [0.25, 0.3) is 5.91 Å². The molecule has 2 fully saturated rings. The van der Waals surface area contributed by atoms with Crippen LogP contribution in [0.1, 0.15) is 61.9 Å². The maximum Gasteiger partial charge on any atom is 0.251 e. The fourth-order valence-corrected chi connectivity index (χ4v) is 4.29. The number of aryl methyl sites for hydroxylation is 1. The molecule has 3 heteroatoms. The molecule has 3 rings (SSSR count). The lowest BCUT2D eigenvalue weighted by Gasteiger charge is -2.49. The molecule has 0 spiro atoms. The van der Waals surface area contributed by atoms with Gasteiger partial charge in [0.05, 0.1) is 0 Å². The second-order valence-electron chi connectivity index (χ2n) is 7.84. The number of amides is 1. The number of piperidine rings is 2. The number of benzene rings is 1. The Hall–Kier alpha value is -1.35. The van der Waals surface area contributed by atoms with Crippen molar-refractivity contribution >= 4 is 5.91 Å². The SMILES string of the molecule is Cc1ccc(C(=O)NC2C[C@H]3CCC[C@H](C2)N3CC(C)C)cc1. The van der Waals surface area contributed by atoms with Gasteiger partial charge in [-0.15, -0.1) is 0 Å². The van der Waals surface area contributed by atoms with Crippen molar-refractivity contribution in [2.75, 3.05) is 6.54 Å². The van der Waals surface area contributed by atoms with E-state index in [1.165, 1.54) is 31.4 Å². The first-order valence-electron chi connectivity index (χ1n) is 9.16. The normalized spacial score (nSPS) is 27.9. The summed E-state index contributed by atoms with van der Waals surface area (Å²) in [6.45, 7) is 7.86. The second kappa shape index (κ2) is 7.04. The number of nitrogens with zero attached hydrogens (tertiary/aromatic N) is 1. The zero-order chi connectivity index (χ0) is 16.4. The molecule has 2 aliphatic heterocycles. The lowest BCUT2D eigenvalue weighted by molar-refractivity contribution is 0.0158. The Kier molecular flexibility index (Phi) is 5.05. The predicted molar refractivity (Wildman–Crippen MR) is 94.6 cm³/mol. The van der Waals surface area contributed by atoms with E-state index in [9.17, 15) is 4.79 Å². The highest BCUT2D eigenvalue weighted by atomic mass is 16.1. The highest BCUT2D eigenvalue weighted by Gasteiger charge is 2.38. The summed E-state index contributed by atoms with van der Waals surface area (Å²) in [7, 11) is 0. The first-order chi connectivity index (χ1) is 11.0. The number of fused-ring (bicyclic) bond motifs is 2. The minimum atomic E-state index is 0.0883. The Morgan fingerprint density at radius 3 is 2.35 bits per heavy atom. The summed E-state index contributed by atoms with van der Waals surface area (Å²) in [5, 5.41) is 3.29. The van der Waals surface area contributed by atoms with Gasteiger partial charge >= 0.3 is 0 Å².